The summed E-state index contributed by atoms with van der Waals surface area (Å²) in [4.78, 5) is 16.9. The fourth-order valence-corrected chi connectivity index (χ4v) is 4.28. The van der Waals surface area contributed by atoms with Crippen LogP contribution < -0.4 is 0 Å². The SMILES string of the molecule is CC1CCN(C(=O)c2cc(C3CCCN(Cc4cccc(F)c4)C3)no2)CC1. The molecule has 2 aromatic rings. The monoisotopic (exact) mass is 385 g/mol. The number of likely N-dealkylation sites (tertiary alicyclic amines) is 2. The van der Waals surface area contributed by atoms with E-state index in [0.717, 1.165) is 69.7 Å². The Hall–Kier alpha value is -2.21. The number of hydrogen-bond acceptors (Lipinski definition) is 4. The van der Waals surface area contributed by atoms with Gasteiger partial charge in [-0.2, -0.15) is 0 Å². The maximum absolute atomic E-state index is 13.4. The van der Waals surface area contributed by atoms with E-state index in [1.54, 1.807) is 12.1 Å². The zero-order chi connectivity index (χ0) is 19.5. The van der Waals surface area contributed by atoms with Crippen LogP contribution in [0, 0.1) is 11.7 Å². The number of hydrogen-bond donors (Lipinski definition) is 0. The lowest BCUT2D eigenvalue weighted by molar-refractivity contribution is 0.0655. The summed E-state index contributed by atoms with van der Waals surface area (Å²) in [5.74, 6) is 1.04. The van der Waals surface area contributed by atoms with Crippen molar-refractivity contribution in [3.8, 4) is 0 Å². The minimum atomic E-state index is -0.196. The number of piperidine rings is 2. The maximum atomic E-state index is 13.4. The van der Waals surface area contributed by atoms with Gasteiger partial charge in [-0.05, 0) is 55.8 Å². The first-order valence-electron chi connectivity index (χ1n) is 10.3. The quantitative estimate of drug-likeness (QED) is 0.796. The first-order chi connectivity index (χ1) is 13.6. The Morgan fingerprint density at radius 2 is 2.04 bits per heavy atom. The molecule has 5 nitrogen and oxygen atoms in total. The van der Waals surface area contributed by atoms with E-state index in [0.29, 0.717) is 11.7 Å². The minimum absolute atomic E-state index is 0.0434. The van der Waals surface area contributed by atoms with Gasteiger partial charge in [0.1, 0.15) is 5.82 Å². The summed E-state index contributed by atoms with van der Waals surface area (Å²) in [6.07, 6.45) is 4.18. The third-order valence-electron chi connectivity index (χ3n) is 6.03. The standard InChI is InChI=1S/C22H28FN3O2/c1-16-7-10-26(11-8-16)22(27)21-13-20(24-28-21)18-5-3-9-25(15-18)14-17-4-2-6-19(23)12-17/h2,4,6,12-13,16,18H,3,5,7-11,14-15H2,1H3. The van der Waals surface area contributed by atoms with Crippen LogP contribution in [0.4, 0.5) is 4.39 Å². The van der Waals surface area contributed by atoms with Crippen molar-refractivity contribution < 1.29 is 13.7 Å². The van der Waals surface area contributed by atoms with E-state index >= 15 is 0 Å². The fraction of sp³-hybridized carbons (Fsp3) is 0.545. The van der Waals surface area contributed by atoms with Gasteiger partial charge >= 0.3 is 0 Å². The summed E-state index contributed by atoms with van der Waals surface area (Å²) in [6, 6.07) is 8.61. The summed E-state index contributed by atoms with van der Waals surface area (Å²) in [6.45, 7) is 6.37. The molecule has 0 saturated carbocycles. The van der Waals surface area contributed by atoms with Crippen LogP contribution in [-0.4, -0.2) is 47.0 Å². The largest absolute Gasteiger partial charge is 0.351 e. The van der Waals surface area contributed by atoms with Crippen molar-refractivity contribution in [1.29, 1.82) is 0 Å². The van der Waals surface area contributed by atoms with E-state index in [2.05, 4.69) is 17.0 Å². The molecule has 6 heteroatoms. The molecule has 1 amide bonds. The molecule has 1 aromatic carbocycles. The second-order valence-electron chi connectivity index (χ2n) is 8.29. The van der Waals surface area contributed by atoms with Gasteiger partial charge in [0.15, 0.2) is 0 Å². The zero-order valence-corrected chi connectivity index (χ0v) is 16.4. The highest BCUT2D eigenvalue weighted by Crippen LogP contribution is 2.28. The number of carbonyl (C=O) groups excluding carboxylic acids is 1. The van der Waals surface area contributed by atoms with Crippen molar-refractivity contribution in [2.45, 2.75) is 45.1 Å². The van der Waals surface area contributed by atoms with Crippen molar-refractivity contribution in [1.82, 2.24) is 15.0 Å². The Morgan fingerprint density at radius 3 is 2.82 bits per heavy atom. The smallest absolute Gasteiger partial charge is 0.292 e. The summed E-state index contributed by atoms with van der Waals surface area (Å²) in [5, 5.41) is 4.22. The van der Waals surface area contributed by atoms with Crippen LogP contribution >= 0.6 is 0 Å². The molecule has 1 aromatic heterocycles. The van der Waals surface area contributed by atoms with Crippen LogP contribution in [0.25, 0.3) is 0 Å². The van der Waals surface area contributed by atoms with E-state index < -0.39 is 0 Å². The topological polar surface area (TPSA) is 49.6 Å². The van der Waals surface area contributed by atoms with Crippen LogP contribution in [0.1, 0.15) is 60.3 Å². The highest BCUT2D eigenvalue weighted by molar-refractivity contribution is 5.91. The molecule has 0 radical (unpaired) electrons. The summed E-state index contributed by atoms with van der Waals surface area (Å²) >= 11 is 0. The molecule has 0 spiro atoms. The van der Waals surface area contributed by atoms with E-state index in [4.69, 9.17) is 4.52 Å². The third kappa shape index (κ3) is 4.43. The molecule has 4 rings (SSSR count). The van der Waals surface area contributed by atoms with E-state index in [9.17, 15) is 9.18 Å². The van der Waals surface area contributed by atoms with Crippen LogP contribution in [0.15, 0.2) is 34.9 Å². The predicted molar refractivity (Wildman–Crippen MR) is 104 cm³/mol. The number of benzene rings is 1. The normalized spacial score (nSPS) is 21.8. The Labute approximate surface area is 165 Å². The molecule has 0 bridgehead atoms. The van der Waals surface area contributed by atoms with Crippen LogP contribution in [-0.2, 0) is 6.54 Å². The minimum Gasteiger partial charge on any atom is -0.351 e. The van der Waals surface area contributed by atoms with Crippen molar-refractivity contribution in [3.63, 3.8) is 0 Å². The molecule has 150 valence electrons. The molecule has 2 fully saturated rings. The summed E-state index contributed by atoms with van der Waals surface area (Å²) in [5.41, 5.74) is 1.84. The highest BCUT2D eigenvalue weighted by Gasteiger charge is 2.28. The number of rotatable bonds is 4. The summed E-state index contributed by atoms with van der Waals surface area (Å²) < 4.78 is 18.9. The lowest BCUT2D eigenvalue weighted by Gasteiger charge is -2.31. The molecular formula is C22H28FN3O2. The van der Waals surface area contributed by atoms with Gasteiger partial charge in [0, 0.05) is 38.2 Å². The van der Waals surface area contributed by atoms with Gasteiger partial charge in [0.25, 0.3) is 5.91 Å². The van der Waals surface area contributed by atoms with E-state index in [1.807, 2.05) is 17.0 Å². The van der Waals surface area contributed by atoms with Gasteiger partial charge < -0.3 is 9.42 Å². The molecule has 2 aliphatic heterocycles. The Bertz CT molecular complexity index is 814. The average molecular weight is 385 g/mol. The zero-order valence-electron chi connectivity index (χ0n) is 16.4. The number of nitrogens with zero attached hydrogens (tertiary/aromatic N) is 3. The molecule has 2 aliphatic rings. The van der Waals surface area contributed by atoms with E-state index in [-0.39, 0.29) is 17.6 Å². The average Bonchev–Trinajstić information content (AvgIpc) is 3.19. The first kappa shape index (κ1) is 19.1. The van der Waals surface area contributed by atoms with Crippen LogP contribution in [0.3, 0.4) is 0 Å². The van der Waals surface area contributed by atoms with Gasteiger partial charge in [0.2, 0.25) is 5.76 Å². The van der Waals surface area contributed by atoms with Gasteiger partial charge in [-0.25, -0.2) is 4.39 Å². The molecule has 0 aliphatic carbocycles. The van der Waals surface area contributed by atoms with Crippen molar-refractivity contribution >= 4 is 5.91 Å². The van der Waals surface area contributed by atoms with Crippen LogP contribution in [0.2, 0.25) is 0 Å². The molecule has 3 heterocycles. The Kier molecular flexibility index (Phi) is 5.76. The Morgan fingerprint density at radius 1 is 1.21 bits per heavy atom. The predicted octanol–water partition coefficient (Wildman–Crippen LogP) is 4.07. The summed E-state index contributed by atoms with van der Waals surface area (Å²) in [7, 11) is 0. The van der Waals surface area contributed by atoms with Gasteiger partial charge in [-0.15, -0.1) is 0 Å². The van der Waals surface area contributed by atoms with Gasteiger partial charge in [-0.1, -0.05) is 24.2 Å². The number of aromatic nitrogens is 1. The van der Waals surface area contributed by atoms with Crippen molar-refractivity contribution in [3.05, 3.63) is 53.2 Å². The lowest BCUT2D eigenvalue weighted by atomic mass is 9.94. The maximum Gasteiger partial charge on any atom is 0.292 e. The fourth-order valence-electron chi connectivity index (χ4n) is 4.28. The second-order valence-corrected chi connectivity index (χ2v) is 8.29. The van der Waals surface area contributed by atoms with Gasteiger partial charge in [-0.3, -0.25) is 9.69 Å². The molecular weight excluding hydrogens is 357 g/mol. The van der Waals surface area contributed by atoms with Crippen molar-refractivity contribution in [2.24, 2.45) is 5.92 Å². The van der Waals surface area contributed by atoms with Crippen LogP contribution in [0.5, 0.6) is 0 Å². The van der Waals surface area contributed by atoms with E-state index in [1.165, 1.54) is 6.07 Å². The first-order valence-corrected chi connectivity index (χ1v) is 10.3. The lowest BCUT2D eigenvalue weighted by Crippen LogP contribution is -2.37. The highest BCUT2D eigenvalue weighted by atomic mass is 19.1. The molecule has 1 unspecified atom stereocenters. The van der Waals surface area contributed by atoms with Gasteiger partial charge in [0.05, 0.1) is 5.69 Å². The molecule has 28 heavy (non-hydrogen) atoms. The second kappa shape index (κ2) is 8.43. The number of halogens is 1. The Balaban J connectivity index is 1.38. The molecule has 1 atom stereocenters. The molecule has 0 N–H and O–H groups in total. The third-order valence-corrected chi connectivity index (χ3v) is 6.03. The number of carbonyl (C=O) groups is 1. The molecule has 2 saturated heterocycles. The van der Waals surface area contributed by atoms with Crippen molar-refractivity contribution in [2.75, 3.05) is 26.2 Å². The number of amides is 1.